The van der Waals surface area contributed by atoms with Gasteiger partial charge in [0.15, 0.2) is 6.10 Å². The normalized spacial score (nSPS) is 14.5. The minimum Gasteiger partial charge on any atom is -0.449 e. The smallest absolute Gasteiger partial charge is 0.341 e. The Balaban J connectivity index is 2.84. The van der Waals surface area contributed by atoms with Crippen molar-refractivity contribution >= 4 is 23.6 Å². The number of hydrogen-bond donors (Lipinski definition) is 1. The van der Waals surface area contributed by atoms with Gasteiger partial charge in [0, 0.05) is 6.20 Å². The third-order valence-corrected chi connectivity index (χ3v) is 4.34. The zero-order valence-electron chi connectivity index (χ0n) is 14.2. The van der Waals surface area contributed by atoms with Gasteiger partial charge in [-0.25, -0.2) is 9.78 Å². The standard InChI is InChI=1S/C16H19F2N3O3S/c1-9(2)16(4,8-19)21-12(22)10(3)24-14(23)11-6-5-7-20-13(11)25-15(17)18/h5-7,9-10,15H,1-4H3,(H,21,22)/t10-,16-/m1/s1. The summed E-state index contributed by atoms with van der Waals surface area (Å²) in [7, 11) is 0. The summed E-state index contributed by atoms with van der Waals surface area (Å²) < 4.78 is 30.1. The van der Waals surface area contributed by atoms with Crippen LogP contribution in [0.2, 0.25) is 0 Å². The lowest BCUT2D eigenvalue weighted by Gasteiger charge is -2.28. The summed E-state index contributed by atoms with van der Waals surface area (Å²) in [6.07, 6.45) is 0.0713. The van der Waals surface area contributed by atoms with Crippen LogP contribution in [-0.2, 0) is 9.53 Å². The molecule has 0 radical (unpaired) electrons. The number of ether oxygens (including phenoxy) is 1. The molecular weight excluding hydrogens is 352 g/mol. The van der Waals surface area contributed by atoms with Gasteiger partial charge in [-0.1, -0.05) is 13.8 Å². The highest BCUT2D eigenvalue weighted by Crippen LogP contribution is 2.27. The molecule has 136 valence electrons. The largest absolute Gasteiger partial charge is 0.449 e. The van der Waals surface area contributed by atoms with Crippen molar-refractivity contribution in [1.82, 2.24) is 10.3 Å². The van der Waals surface area contributed by atoms with E-state index in [1.165, 1.54) is 25.3 Å². The minimum atomic E-state index is -2.75. The molecule has 9 heteroatoms. The van der Waals surface area contributed by atoms with E-state index in [1.54, 1.807) is 20.8 Å². The summed E-state index contributed by atoms with van der Waals surface area (Å²) in [5, 5.41) is 11.6. The number of amides is 1. The predicted molar refractivity (Wildman–Crippen MR) is 88.0 cm³/mol. The van der Waals surface area contributed by atoms with Crippen molar-refractivity contribution in [2.75, 3.05) is 0 Å². The second-order valence-electron chi connectivity index (χ2n) is 5.74. The SMILES string of the molecule is CC(C)[C@@](C)(C#N)NC(=O)[C@@H](C)OC(=O)c1cccnc1SC(F)F. The molecule has 0 spiro atoms. The van der Waals surface area contributed by atoms with Crippen LogP contribution >= 0.6 is 11.8 Å². The summed E-state index contributed by atoms with van der Waals surface area (Å²) in [4.78, 5) is 28.1. The first-order valence-corrected chi connectivity index (χ1v) is 8.32. The lowest BCUT2D eigenvalue weighted by molar-refractivity contribution is -0.130. The molecule has 1 amide bonds. The second kappa shape index (κ2) is 8.76. The number of esters is 1. The van der Waals surface area contributed by atoms with Crippen molar-refractivity contribution in [3.63, 3.8) is 0 Å². The highest BCUT2D eigenvalue weighted by molar-refractivity contribution is 7.99. The van der Waals surface area contributed by atoms with Gasteiger partial charge in [-0.05, 0) is 43.7 Å². The lowest BCUT2D eigenvalue weighted by Crippen LogP contribution is -2.52. The van der Waals surface area contributed by atoms with E-state index >= 15 is 0 Å². The molecule has 0 saturated heterocycles. The van der Waals surface area contributed by atoms with Crippen LogP contribution in [0.5, 0.6) is 0 Å². The Kier molecular flexibility index (Phi) is 7.30. The minimum absolute atomic E-state index is 0.118. The number of halogens is 2. The van der Waals surface area contributed by atoms with Crippen LogP contribution in [0.15, 0.2) is 23.4 Å². The maximum absolute atomic E-state index is 12.5. The Bertz CT molecular complexity index is 679. The number of nitriles is 1. The van der Waals surface area contributed by atoms with Gasteiger partial charge >= 0.3 is 5.97 Å². The zero-order valence-corrected chi connectivity index (χ0v) is 15.1. The lowest BCUT2D eigenvalue weighted by atomic mass is 9.90. The number of pyridine rings is 1. The average Bonchev–Trinajstić information content (AvgIpc) is 2.54. The van der Waals surface area contributed by atoms with Gasteiger partial charge in [0.25, 0.3) is 11.7 Å². The molecule has 1 aromatic rings. The quantitative estimate of drug-likeness (QED) is 0.585. The van der Waals surface area contributed by atoms with Crippen LogP contribution in [0.4, 0.5) is 8.78 Å². The topological polar surface area (TPSA) is 92.1 Å². The molecule has 1 rings (SSSR count). The van der Waals surface area contributed by atoms with Gasteiger partial charge in [-0.2, -0.15) is 14.0 Å². The molecule has 1 N–H and O–H groups in total. The number of nitrogens with one attached hydrogen (secondary N) is 1. The first kappa shape index (κ1) is 20.8. The predicted octanol–water partition coefficient (Wildman–Crippen LogP) is 3.00. The van der Waals surface area contributed by atoms with Gasteiger partial charge in [-0.15, -0.1) is 0 Å². The van der Waals surface area contributed by atoms with E-state index in [0.717, 1.165) is 0 Å². The van der Waals surface area contributed by atoms with Gasteiger partial charge in [0.05, 0.1) is 11.6 Å². The van der Waals surface area contributed by atoms with Crippen LogP contribution in [0.3, 0.4) is 0 Å². The molecule has 0 saturated carbocycles. The molecule has 25 heavy (non-hydrogen) atoms. The molecule has 0 aliphatic heterocycles. The molecule has 1 heterocycles. The fourth-order valence-corrected chi connectivity index (χ4v) is 2.23. The van der Waals surface area contributed by atoms with E-state index in [9.17, 15) is 23.6 Å². The van der Waals surface area contributed by atoms with E-state index in [2.05, 4.69) is 10.3 Å². The molecule has 0 fully saturated rings. The third kappa shape index (κ3) is 5.67. The fraction of sp³-hybridized carbons (Fsp3) is 0.500. The fourth-order valence-electron chi connectivity index (χ4n) is 1.66. The van der Waals surface area contributed by atoms with E-state index in [4.69, 9.17) is 4.74 Å². The van der Waals surface area contributed by atoms with E-state index in [1.807, 2.05) is 6.07 Å². The summed E-state index contributed by atoms with van der Waals surface area (Å²) >= 11 is 0.118. The third-order valence-electron chi connectivity index (χ3n) is 3.61. The Morgan fingerprint density at radius 3 is 2.56 bits per heavy atom. The maximum Gasteiger partial charge on any atom is 0.341 e. The van der Waals surface area contributed by atoms with Gasteiger partial charge in [-0.3, -0.25) is 4.79 Å². The highest BCUT2D eigenvalue weighted by atomic mass is 32.2. The van der Waals surface area contributed by atoms with Crippen LogP contribution < -0.4 is 5.32 Å². The summed E-state index contributed by atoms with van der Waals surface area (Å²) in [5.41, 5.74) is -1.28. The molecule has 0 aliphatic carbocycles. The Labute approximate surface area is 148 Å². The summed E-state index contributed by atoms with van der Waals surface area (Å²) in [6, 6.07) is 4.71. The summed E-state index contributed by atoms with van der Waals surface area (Å²) in [6.45, 7) is 6.43. The number of thioether (sulfide) groups is 1. The van der Waals surface area contributed by atoms with Crippen molar-refractivity contribution in [2.45, 2.75) is 50.1 Å². The monoisotopic (exact) mass is 371 g/mol. The van der Waals surface area contributed by atoms with Crippen molar-refractivity contribution in [2.24, 2.45) is 5.92 Å². The summed E-state index contributed by atoms with van der Waals surface area (Å²) in [5.74, 6) is -4.51. The molecular formula is C16H19F2N3O3S. The molecule has 0 bridgehead atoms. The maximum atomic E-state index is 12.5. The molecule has 0 aromatic carbocycles. The van der Waals surface area contributed by atoms with E-state index in [-0.39, 0.29) is 28.3 Å². The van der Waals surface area contributed by atoms with Crippen molar-refractivity contribution < 1.29 is 23.1 Å². The van der Waals surface area contributed by atoms with Gasteiger partial charge in [0.2, 0.25) is 0 Å². The van der Waals surface area contributed by atoms with Gasteiger partial charge < -0.3 is 10.1 Å². The van der Waals surface area contributed by atoms with Crippen LogP contribution in [0.25, 0.3) is 0 Å². The Hall–Kier alpha value is -2.21. The Morgan fingerprint density at radius 2 is 2.04 bits per heavy atom. The molecule has 0 aliphatic rings. The number of rotatable bonds is 7. The number of nitrogens with zero attached hydrogens (tertiary/aromatic N) is 2. The highest BCUT2D eigenvalue weighted by Gasteiger charge is 2.33. The first-order valence-electron chi connectivity index (χ1n) is 7.44. The molecule has 1 aromatic heterocycles. The van der Waals surface area contributed by atoms with Crippen LogP contribution in [0.1, 0.15) is 38.1 Å². The molecule has 2 atom stereocenters. The number of carbonyl (C=O) groups is 2. The van der Waals surface area contributed by atoms with Crippen molar-refractivity contribution in [3.05, 3.63) is 23.9 Å². The van der Waals surface area contributed by atoms with E-state index in [0.29, 0.717) is 0 Å². The van der Waals surface area contributed by atoms with Crippen molar-refractivity contribution in [3.8, 4) is 6.07 Å². The number of hydrogen-bond acceptors (Lipinski definition) is 6. The zero-order chi connectivity index (χ0) is 19.2. The first-order chi connectivity index (χ1) is 11.6. The molecule has 0 unspecified atom stereocenters. The average molecular weight is 371 g/mol. The van der Waals surface area contributed by atoms with Crippen LogP contribution in [0, 0.1) is 17.2 Å². The second-order valence-corrected chi connectivity index (χ2v) is 6.72. The van der Waals surface area contributed by atoms with E-state index < -0.39 is 29.3 Å². The number of aromatic nitrogens is 1. The number of alkyl halides is 2. The molecule has 6 nitrogen and oxygen atoms in total. The Morgan fingerprint density at radius 1 is 1.40 bits per heavy atom. The van der Waals surface area contributed by atoms with Gasteiger partial charge in [0.1, 0.15) is 10.6 Å². The van der Waals surface area contributed by atoms with Crippen molar-refractivity contribution in [1.29, 1.82) is 5.26 Å². The van der Waals surface area contributed by atoms with Crippen LogP contribution in [-0.4, -0.2) is 34.3 Å². The number of carbonyl (C=O) groups excluding carboxylic acids is 2.